The van der Waals surface area contributed by atoms with Crippen LogP contribution in [0.3, 0.4) is 0 Å². The summed E-state index contributed by atoms with van der Waals surface area (Å²) in [6.07, 6.45) is 2.86. The molecule has 0 amide bonds. The molecule has 2 aromatic rings. The summed E-state index contributed by atoms with van der Waals surface area (Å²) in [6, 6.07) is 2.27. The molecular formula is C10H11FN4O2S. The van der Waals surface area contributed by atoms with E-state index in [2.05, 4.69) is 14.7 Å². The lowest BCUT2D eigenvalue weighted by atomic mass is 10.2. The Morgan fingerprint density at radius 3 is 2.78 bits per heavy atom. The van der Waals surface area contributed by atoms with Gasteiger partial charge in [-0.25, -0.2) is 22.5 Å². The summed E-state index contributed by atoms with van der Waals surface area (Å²) in [7, 11) is -3.92. The van der Waals surface area contributed by atoms with Crippen molar-refractivity contribution in [2.45, 2.75) is 11.8 Å². The van der Waals surface area contributed by atoms with Gasteiger partial charge >= 0.3 is 0 Å². The fraction of sp³-hybridized carbons (Fsp3) is 0.100. The first-order valence-corrected chi connectivity index (χ1v) is 6.46. The van der Waals surface area contributed by atoms with E-state index in [-0.39, 0.29) is 22.1 Å². The van der Waals surface area contributed by atoms with Gasteiger partial charge in [-0.05, 0) is 19.1 Å². The maximum atomic E-state index is 13.5. The third kappa shape index (κ3) is 2.28. The molecule has 18 heavy (non-hydrogen) atoms. The van der Waals surface area contributed by atoms with Gasteiger partial charge in [0.05, 0.1) is 4.90 Å². The van der Waals surface area contributed by atoms with Gasteiger partial charge in [0.2, 0.25) is 5.95 Å². The second kappa shape index (κ2) is 4.30. The van der Waals surface area contributed by atoms with E-state index in [0.717, 1.165) is 6.07 Å². The number of hydrogen-bond acceptors (Lipinski definition) is 4. The zero-order valence-electron chi connectivity index (χ0n) is 9.44. The predicted molar refractivity (Wildman–Crippen MR) is 64.9 cm³/mol. The van der Waals surface area contributed by atoms with Crippen molar-refractivity contribution in [2.75, 3.05) is 10.5 Å². The van der Waals surface area contributed by atoms with Crippen molar-refractivity contribution in [1.29, 1.82) is 0 Å². The molecule has 1 aromatic heterocycles. The number of rotatable bonds is 3. The number of H-pyrrole nitrogens is 1. The minimum absolute atomic E-state index is 0.00301. The first-order valence-electron chi connectivity index (χ1n) is 4.98. The molecule has 0 radical (unpaired) electrons. The number of nitrogens with two attached hydrogens (primary N) is 1. The van der Waals surface area contributed by atoms with Crippen molar-refractivity contribution in [1.82, 2.24) is 9.97 Å². The molecule has 6 nitrogen and oxygen atoms in total. The van der Waals surface area contributed by atoms with E-state index < -0.39 is 15.8 Å². The Morgan fingerprint density at radius 1 is 1.44 bits per heavy atom. The average Bonchev–Trinajstić information content (AvgIpc) is 2.75. The van der Waals surface area contributed by atoms with Crippen molar-refractivity contribution in [3.63, 3.8) is 0 Å². The monoisotopic (exact) mass is 270 g/mol. The number of sulfonamides is 1. The van der Waals surface area contributed by atoms with E-state index in [1.165, 1.54) is 25.4 Å². The Labute approximate surface area is 103 Å². The van der Waals surface area contributed by atoms with E-state index in [1.54, 1.807) is 0 Å². The van der Waals surface area contributed by atoms with Crippen molar-refractivity contribution in [2.24, 2.45) is 0 Å². The van der Waals surface area contributed by atoms with E-state index in [1.807, 2.05) is 0 Å². The number of halogens is 1. The highest BCUT2D eigenvalue weighted by Crippen LogP contribution is 2.23. The Morgan fingerprint density at radius 2 is 2.17 bits per heavy atom. The number of aromatic amines is 1. The number of nitrogen functional groups attached to an aromatic ring is 1. The average molecular weight is 270 g/mol. The molecule has 0 atom stereocenters. The Kier molecular flexibility index (Phi) is 2.95. The summed E-state index contributed by atoms with van der Waals surface area (Å²) in [5.74, 6) is -0.618. The highest BCUT2D eigenvalue weighted by molar-refractivity contribution is 7.92. The van der Waals surface area contributed by atoms with Crippen LogP contribution < -0.4 is 10.5 Å². The molecule has 0 bridgehead atoms. The summed E-state index contributed by atoms with van der Waals surface area (Å²) < 4.78 is 39.7. The molecule has 0 aliphatic carbocycles. The number of nitrogens with zero attached hydrogens (tertiary/aromatic N) is 1. The molecule has 0 fully saturated rings. The summed E-state index contributed by atoms with van der Waals surface area (Å²) in [5, 5.41) is 0. The molecule has 0 saturated heterocycles. The minimum Gasteiger partial charge on any atom is -0.399 e. The number of nitrogens with one attached hydrogen (secondary N) is 2. The number of aromatic nitrogens is 2. The van der Waals surface area contributed by atoms with Crippen LogP contribution in [0.25, 0.3) is 0 Å². The number of anilines is 2. The highest BCUT2D eigenvalue weighted by Gasteiger charge is 2.20. The number of hydrogen-bond donors (Lipinski definition) is 3. The zero-order chi connectivity index (χ0) is 13.3. The summed E-state index contributed by atoms with van der Waals surface area (Å²) in [5.41, 5.74) is 5.49. The van der Waals surface area contributed by atoms with E-state index in [9.17, 15) is 12.8 Å². The summed E-state index contributed by atoms with van der Waals surface area (Å²) in [6.45, 7) is 1.37. The van der Waals surface area contributed by atoms with Crippen LogP contribution in [-0.2, 0) is 10.0 Å². The van der Waals surface area contributed by atoms with Gasteiger partial charge in [0.25, 0.3) is 10.0 Å². The Balaban J connectivity index is 2.48. The minimum atomic E-state index is -3.92. The molecule has 8 heteroatoms. The highest BCUT2D eigenvalue weighted by atomic mass is 32.2. The largest absolute Gasteiger partial charge is 0.399 e. The van der Waals surface area contributed by atoms with Gasteiger partial charge in [0.1, 0.15) is 5.82 Å². The fourth-order valence-corrected chi connectivity index (χ4v) is 2.72. The molecule has 1 heterocycles. The molecule has 0 saturated carbocycles. The molecule has 4 N–H and O–H groups in total. The number of imidazole rings is 1. The Bertz CT molecular complexity index is 667. The summed E-state index contributed by atoms with van der Waals surface area (Å²) >= 11 is 0. The SMILES string of the molecule is Cc1c(F)cc(N)cc1S(=O)(=O)Nc1ncc[nH]1. The zero-order valence-corrected chi connectivity index (χ0v) is 10.3. The summed E-state index contributed by atoms with van der Waals surface area (Å²) in [4.78, 5) is 6.10. The van der Waals surface area contributed by atoms with Crippen LogP contribution in [-0.4, -0.2) is 18.4 Å². The molecule has 0 aliphatic heterocycles. The maximum Gasteiger partial charge on any atom is 0.264 e. The first kappa shape index (κ1) is 12.4. The van der Waals surface area contributed by atoms with Gasteiger partial charge in [-0.1, -0.05) is 0 Å². The van der Waals surface area contributed by atoms with Crippen LogP contribution >= 0.6 is 0 Å². The van der Waals surface area contributed by atoms with E-state index in [0.29, 0.717) is 0 Å². The van der Waals surface area contributed by atoms with E-state index in [4.69, 9.17) is 5.73 Å². The van der Waals surface area contributed by atoms with Crippen molar-refractivity contribution in [3.05, 3.63) is 35.9 Å². The van der Waals surface area contributed by atoms with E-state index >= 15 is 0 Å². The molecule has 96 valence electrons. The predicted octanol–water partition coefficient (Wildman–Crippen LogP) is 1.24. The van der Waals surface area contributed by atoms with Gasteiger partial charge in [-0.3, -0.25) is 0 Å². The van der Waals surface area contributed by atoms with Gasteiger partial charge in [-0.2, -0.15) is 0 Å². The van der Waals surface area contributed by atoms with Crippen LogP contribution in [0, 0.1) is 12.7 Å². The van der Waals surface area contributed by atoms with Gasteiger partial charge in [0, 0.05) is 23.6 Å². The molecule has 0 aliphatic rings. The van der Waals surface area contributed by atoms with Crippen molar-refractivity contribution in [3.8, 4) is 0 Å². The first-order chi connectivity index (χ1) is 8.40. The van der Waals surface area contributed by atoms with Gasteiger partial charge in [0.15, 0.2) is 0 Å². The van der Waals surface area contributed by atoms with Crippen LogP contribution in [0.1, 0.15) is 5.56 Å². The third-order valence-corrected chi connectivity index (χ3v) is 3.80. The smallest absolute Gasteiger partial charge is 0.264 e. The lowest BCUT2D eigenvalue weighted by Gasteiger charge is -2.10. The van der Waals surface area contributed by atoms with Crippen LogP contribution in [0.5, 0.6) is 0 Å². The standard InChI is InChI=1S/C10H11FN4O2S/c1-6-8(11)4-7(12)5-9(6)18(16,17)15-10-13-2-3-14-10/h2-5H,12H2,1H3,(H2,13,14,15). The third-order valence-electron chi connectivity index (χ3n) is 2.34. The lowest BCUT2D eigenvalue weighted by Crippen LogP contribution is -2.16. The van der Waals surface area contributed by atoms with Crippen LogP contribution in [0.2, 0.25) is 0 Å². The molecular weight excluding hydrogens is 259 g/mol. The topological polar surface area (TPSA) is 101 Å². The van der Waals surface area contributed by atoms with Crippen molar-refractivity contribution >= 4 is 21.7 Å². The second-order valence-corrected chi connectivity index (χ2v) is 5.32. The molecule has 0 unspecified atom stereocenters. The normalized spacial score (nSPS) is 11.4. The molecule has 0 spiro atoms. The maximum absolute atomic E-state index is 13.5. The van der Waals surface area contributed by atoms with Crippen LogP contribution in [0.15, 0.2) is 29.4 Å². The van der Waals surface area contributed by atoms with Gasteiger partial charge in [-0.15, -0.1) is 0 Å². The lowest BCUT2D eigenvalue weighted by molar-refractivity contribution is 0.591. The second-order valence-electron chi connectivity index (χ2n) is 3.67. The number of benzene rings is 1. The molecule has 1 aromatic carbocycles. The fourth-order valence-electron chi connectivity index (χ4n) is 1.46. The van der Waals surface area contributed by atoms with Crippen LogP contribution in [0.4, 0.5) is 16.0 Å². The van der Waals surface area contributed by atoms with Gasteiger partial charge < -0.3 is 10.7 Å². The quantitative estimate of drug-likeness (QED) is 0.730. The molecule has 2 rings (SSSR count). The Hall–Kier alpha value is -2.09. The van der Waals surface area contributed by atoms with Crippen molar-refractivity contribution < 1.29 is 12.8 Å².